The van der Waals surface area contributed by atoms with Crippen LogP contribution in [0.15, 0.2) is 36.9 Å². The van der Waals surface area contributed by atoms with Gasteiger partial charge in [-0.3, -0.25) is 0 Å². The maximum Gasteiger partial charge on any atom is 0.0556 e. The third-order valence-electron chi connectivity index (χ3n) is 1.81. The van der Waals surface area contributed by atoms with E-state index in [0.717, 1.165) is 17.7 Å². The van der Waals surface area contributed by atoms with Crippen molar-refractivity contribution in [2.75, 3.05) is 19.7 Å². The number of hydrogen-bond acceptors (Lipinski definition) is 2. The molecule has 0 saturated carbocycles. The summed E-state index contributed by atoms with van der Waals surface area (Å²) in [6.07, 6.45) is 0. The first-order valence-electron chi connectivity index (χ1n) is 4.39. The van der Waals surface area contributed by atoms with Crippen LogP contribution in [0.4, 0.5) is 0 Å². The van der Waals surface area contributed by atoms with E-state index in [9.17, 15) is 0 Å². The van der Waals surface area contributed by atoms with Crippen LogP contribution < -0.4 is 5.32 Å². The molecule has 0 saturated heterocycles. The van der Waals surface area contributed by atoms with Crippen molar-refractivity contribution in [1.82, 2.24) is 5.32 Å². The molecule has 2 heteroatoms. The lowest BCUT2D eigenvalue weighted by molar-refractivity contribution is 0.295. The maximum absolute atomic E-state index is 8.56. The predicted molar refractivity (Wildman–Crippen MR) is 55.4 cm³/mol. The molecule has 0 amide bonds. The van der Waals surface area contributed by atoms with Crippen LogP contribution in [0.25, 0.3) is 5.57 Å². The van der Waals surface area contributed by atoms with Crippen molar-refractivity contribution in [1.29, 1.82) is 0 Å². The van der Waals surface area contributed by atoms with E-state index < -0.39 is 0 Å². The van der Waals surface area contributed by atoms with Gasteiger partial charge in [-0.2, -0.15) is 0 Å². The second-order valence-electron chi connectivity index (χ2n) is 2.87. The largest absolute Gasteiger partial charge is 0.395 e. The molecule has 0 atom stereocenters. The zero-order valence-electron chi connectivity index (χ0n) is 7.66. The highest BCUT2D eigenvalue weighted by Crippen LogP contribution is 2.09. The highest BCUT2D eigenvalue weighted by atomic mass is 16.3. The molecule has 0 unspecified atom stereocenters. The Balaban J connectivity index is 2.40. The Labute approximate surface area is 78.9 Å². The van der Waals surface area contributed by atoms with Crippen LogP contribution in [0.5, 0.6) is 0 Å². The van der Waals surface area contributed by atoms with Gasteiger partial charge < -0.3 is 10.4 Å². The summed E-state index contributed by atoms with van der Waals surface area (Å²) in [7, 11) is 0. The van der Waals surface area contributed by atoms with E-state index in [1.165, 1.54) is 0 Å². The fourth-order valence-electron chi connectivity index (χ4n) is 1.09. The quantitative estimate of drug-likeness (QED) is 0.664. The summed E-state index contributed by atoms with van der Waals surface area (Å²) in [6.45, 7) is 5.47. The highest BCUT2D eigenvalue weighted by molar-refractivity contribution is 5.64. The van der Waals surface area contributed by atoms with Crippen molar-refractivity contribution in [2.45, 2.75) is 0 Å². The van der Waals surface area contributed by atoms with Crippen LogP contribution in [0.3, 0.4) is 0 Å². The predicted octanol–water partition coefficient (Wildman–Crippen LogP) is 1.28. The molecule has 70 valence electrons. The molecule has 0 aliphatic heterocycles. The van der Waals surface area contributed by atoms with Gasteiger partial charge >= 0.3 is 0 Å². The molecular formula is C11H15NO. The van der Waals surface area contributed by atoms with Crippen LogP contribution in [0.2, 0.25) is 0 Å². The molecule has 1 aromatic carbocycles. The summed E-state index contributed by atoms with van der Waals surface area (Å²) in [4.78, 5) is 0. The van der Waals surface area contributed by atoms with Gasteiger partial charge in [0.15, 0.2) is 0 Å². The monoisotopic (exact) mass is 177 g/mol. The average Bonchev–Trinajstić information content (AvgIpc) is 2.19. The number of aliphatic hydroxyl groups excluding tert-OH is 1. The molecule has 0 heterocycles. The van der Waals surface area contributed by atoms with E-state index in [2.05, 4.69) is 11.9 Å². The molecule has 0 fully saturated rings. The van der Waals surface area contributed by atoms with Crippen molar-refractivity contribution in [2.24, 2.45) is 0 Å². The SMILES string of the molecule is C=C(CNCCO)c1ccccc1. The number of hydrogen-bond donors (Lipinski definition) is 2. The maximum atomic E-state index is 8.56. The Morgan fingerprint density at radius 1 is 1.31 bits per heavy atom. The molecule has 2 nitrogen and oxygen atoms in total. The lowest BCUT2D eigenvalue weighted by atomic mass is 10.1. The molecule has 0 aromatic heterocycles. The minimum atomic E-state index is 0.169. The number of benzene rings is 1. The summed E-state index contributed by atoms with van der Waals surface area (Å²) in [6, 6.07) is 10.0. The zero-order chi connectivity index (χ0) is 9.52. The van der Waals surface area contributed by atoms with Gasteiger partial charge in [-0.15, -0.1) is 0 Å². The second kappa shape index (κ2) is 5.51. The van der Waals surface area contributed by atoms with Gasteiger partial charge in [-0.25, -0.2) is 0 Å². The summed E-state index contributed by atoms with van der Waals surface area (Å²) in [5.41, 5.74) is 2.20. The zero-order valence-corrected chi connectivity index (χ0v) is 7.66. The van der Waals surface area contributed by atoms with Gasteiger partial charge in [0, 0.05) is 13.1 Å². The van der Waals surface area contributed by atoms with Crippen LogP contribution in [-0.4, -0.2) is 24.8 Å². The molecule has 1 aromatic rings. The summed E-state index contributed by atoms with van der Waals surface area (Å²) >= 11 is 0. The van der Waals surface area contributed by atoms with Crippen molar-refractivity contribution in [3.05, 3.63) is 42.5 Å². The van der Waals surface area contributed by atoms with Crippen LogP contribution in [0.1, 0.15) is 5.56 Å². The van der Waals surface area contributed by atoms with Gasteiger partial charge in [0.2, 0.25) is 0 Å². The number of aliphatic hydroxyl groups is 1. The third-order valence-corrected chi connectivity index (χ3v) is 1.81. The van der Waals surface area contributed by atoms with Crippen molar-refractivity contribution in [3.8, 4) is 0 Å². The summed E-state index contributed by atoms with van der Waals surface area (Å²) < 4.78 is 0. The lowest BCUT2D eigenvalue weighted by Crippen LogP contribution is -2.19. The van der Waals surface area contributed by atoms with E-state index in [1.807, 2.05) is 30.3 Å². The van der Waals surface area contributed by atoms with Gasteiger partial charge in [-0.05, 0) is 11.1 Å². The number of nitrogens with one attached hydrogen (secondary N) is 1. The fraction of sp³-hybridized carbons (Fsp3) is 0.273. The van der Waals surface area contributed by atoms with Crippen molar-refractivity contribution >= 4 is 5.57 Å². The van der Waals surface area contributed by atoms with E-state index in [-0.39, 0.29) is 6.61 Å². The Morgan fingerprint density at radius 3 is 2.62 bits per heavy atom. The molecule has 0 aliphatic rings. The Bertz CT molecular complexity index is 256. The first-order chi connectivity index (χ1) is 6.34. The normalized spacial score (nSPS) is 9.92. The van der Waals surface area contributed by atoms with Crippen LogP contribution in [-0.2, 0) is 0 Å². The minimum Gasteiger partial charge on any atom is -0.395 e. The molecule has 0 aliphatic carbocycles. The van der Waals surface area contributed by atoms with E-state index in [4.69, 9.17) is 5.11 Å². The van der Waals surface area contributed by atoms with Crippen molar-refractivity contribution in [3.63, 3.8) is 0 Å². The molecule has 0 spiro atoms. The van der Waals surface area contributed by atoms with Gasteiger partial charge in [0.05, 0.1) is 6.61 Å². The summed E-state index contributed by atoms with van der Waals surface area (Å²) in [5.74, 6) is 0. The topological polar surface area (TPSA) is 32.3 Å². The second-order valence-corrected chi connectivity index (χ2v) is 2.87. The Morgan fingerprint density at radius 2 is 2.00 bits per heavy atom. The van der Waals surface area contributed by atoms with Gasteiger partial charge in [-0.1, -0.05) is 36.9 Å². The van der Waals surface area contributed by atoms with Crippen LogP contribution >= 0.6 is 0 Å². The van der Waals surface area contributed by atoms with Crippen molar-refractivity contribution < 1.29 is 5.11 Å². The minimum absolute atomic E-state index is 0.169. The van der Waals surface area contributed by atoms with E-state index in [1.54, 1.807) is 0 Å². The molecular weight excluding hydrogens is 162 g/mol. The Hall–Kier alpha value is -1.12. The first-order valence-corrected chi connectivity index (χ1v) is 4.39. The van der Waals surface area contributed by atoms with Gasteiger partial charge in [0.1, 0.15) is 0 Å². The molecule has 0 radical (unpaired) electrons. The molecule has 2 N–H and O–H groups in total. The van der Waals surface area contributed by atoms with Crippen LogP contribution in [0, 0.1) is 0 Å². The third kappa shape index (κ3) is 3.40. The smallest absolute Gasteiger partial charge is 0.0556 e. The standard InChI is InChI=1S/C11H15NO/c1-10(9-12-7-8-13)11-5-3-2-4-6-11/h2-6,12-13H,1,7-9H2. The highest BCUT2D eigenvalue weighted by Gasteiger charge is 1.95. The number of rotatable bonds is 5. The molecule has 0 bridgehead atoms. The fourth-order valence-corrected chi connectivity index (χ4v) is 1.09. The summed E-state index contributed by atoms with van der Waals surface area (Å²) in [5, 5.41) is 11.6. The first kappa shape index (κ1) is 9.96. The van der Waals surface area contributed by atoms with E-state index >= 15 is 0 Å². The molecule has 13 heavy (non-hydrogen) atoms. The average molecular weight is 177 g/mol. The van der Waals surface area contributed by atoms with Gasteiger partial charge in [0.25, 0.3) is 0 Å². The lowest BCUT2D eigenvalue weighted by Gasteiger charge is -2.06. The Kier molecular flexibility index (Phi) is 4.23. The molecule has 1 rings (SSSR count). The van der Waals surface area contributed by atoms with E-state index in [0.29, 0.717) is 6.54 Å².